The van der Waals surface area contributed by atoms with Gasteiger partial charge in [0.05, 0.1) is 17.6 Å². The van der Waals surface area contributed by atoms with Crippen molar-refractivity contribution in [2.45, 2.75) is 0 Å². The predicted molar refractivity (Wildman–Crippen MR) is 86.7 cm³/mol. The van der Waals surface area contributed by atoms with Crippen molar-refractivity contribution in [2.75, 3.05) is 7.11 Å². The van der Waals surface area contributed by atoms with Crippen LogP contribution in [-0.2, 0) is 9.53 Å². The van der Waals surface area contributed by atoms with E-state index in [1.54, 1.807) is 6.08 Å². The molecule has 0 bridgehead atoms. The Morgan fingerprint density at radius 3 is 2.62 bits per heavy atom. The van der Waals surface area contributed by atoms with Crippen LogP contribution >= 0.6 is 0 Å². The summed E-state index contributed by atoms with van der Waals surface area (Å²) < 4.78 is 10.3. The van der Waals surface area contributed by atoms with Crippen molar-refractivity contribution < 1.29 is 19.2 Å². The summed E-state index contributed by atoms with van der Waals surface area (Å²) in [4.78, 5) is 26.6. The first-order valence-corrected chi connectivity index (χ1v) is 6.99. The minimum absolute atomic E-state index is 0.0252. The van der Waals surface area contributed by atoms with Crippen molar-refractivity contribution in [3.05, 3.63) is 75.5 Å². The number of aliphatic imine (C=N–C) groups is 1. The van der Waals surface area contributed by atoms with Gasteiger partial charge in [-0.2, -0.15) is 0 Å². The molecule has 2 aromatic rings. The number of benzene rings is 2. The van der Waals surface area contributed by atoms with E-state index in [-0.39, 0.29) is 22.8 Å². The molecule has 120 valence electrons. The third kappa shape index (κ3) is 3.00. The summed E-state index contributed by atoms with van der Waals surface area (Å²) in [6.07, 6.45) is 1.58. The maximum atomic E-state index is 12.0. The molecule has 0 saturated heterocycles. The Hall–Kier alpha value is -3.48. The van der Waals surface area contributed by atoms with Crippen LogP contribution in [0.1, 0.15) is 11.1 Å². The second-order valence-corrected chi connectivity index (χ2v) is 4.89. The Kier molecular flexibility index (Phi) is 4.07. The molecule has 0 amide bonds. The van der Waals surface area contributed by atoms with E-state index in [2.05, 4.69) is 4.99 Å². The molecular weight excluding hydrogens is 312 g/mol. The second-order valence-electron chi connectivity index (χ2n) is 4.89. The highest BCUT2D eigenvalue weighted by atomic mass is 16.6. The van der Waals surface area contributed by atoms with Crippen molar-refractivity contribution in [3.8, 4) is 5.75 Å². The number of nitrogens with zero attached hydrogens (tertiary/aromatic N) is 2. The van der Waals surface area contributed by atoms with Crippen molar-refractivity contribution in [1.82, 2.24) is 0 Å². The number of ether oxygens (including phenoxy) is 2. The summed E-state index contributed by atoms with van der Waals surface area (Å²) in [7, 11) is 1.42. The van der Waals surface area contributed by atoms with E-state index in [0.29, 0.717) is 5.75 Å². The molecule has 0 fully saturated rings. The molecule has 1 heterocycles. The smallest absolute Gasteiger partial charge is 0.363 e. The Morgan fingerprint density at radius 2 is 1.96 bits per heavy atom. The zero-order valence-electron chi connectivity index (χ0n) is 12.6. The van der Waals surface area contributed by atoms with Crippen molar-refractivity contribution in [2.24, 2.45) is 4.99 Å². The van der Waals surface area contributed by atoms with Gasteiger partial charge in [-0.3, -0.25) is 10.1 Å². The lowest BCUT2D eigenvalue weighted by Gasteiger charge is -2.06. The fraction of sp³-hybridized carbons (Fsp3) is 0.0588. The number of rotatable bonds is 4. The van der Waals surface area contributed by atoms with Gasteiger partial charge in [-0.15, -0.1) is 0 Å². The van der Waals surface area contributed by atoms with E-state index < -0.39 is 10.9 Å². The lowest BCUT2D eigenvalue weighted by Crippen LogP contribution is -2.07. The number of methoxy groups -OCH3 is 1. The Balaban J connectivity index is 2.03. The molecular formula is C17H12N2O5. The molecule has 3 rings (SSSR count). The van der Waals surface area contributed by atoms with Crippen molar-refractivity contribution >= 4 is 23.6 Å². The minimum atomic E-state index is -0.623. The summed E-state index contributed by atoms with van der Waals surface area (Å²) >= 11 is 0. The lowest BCUT2D eigenvalue weighted by molar-refractivity contribution is -0.384. The molecule has 0 N–H and O–H groups in total. The van der Waals surface area contributed by atoms with E-state index in [4.69, 9.17) is 9.47 Å². The summed E-state index contributed by atoms with van der Waals surface area (Å²) in [5, 5.41) is 10.9. The SMILES string of the molecule is COc1ccc([N+](=O)[O-])cc1C1=NC(=Cc2ccccc2)C(=O)O1. The van der Waals surface area contributed by atoms with Gasteiger partial charge in [0.15, 0.2) is 5.70 Å². The number of non-ortho nitro benzene ring substituents is 1. The second kappa shape index (κ2) is 6.33. The van der Waals surface area contributed by atoms with Crippen LogP contribution in [0, 0.1) is 10.1 Å². The van der Waals surface area contributed by atoms with Crippen molar-refractivity contribution in [1.29, 1.82) is 0 Å². The van der Waals surface area contributed by atoms with E-state index in [0.717, 1.165) is 5.56 Å². The number of carbonyl (C=O) groups excluding carboxylic acids is 1. The normalized spacial score (nSPS) is 15.1. The third-order valence-corrected chi connectivity index (χ3v) is 3.35. The Morgan fingerprint density at radius 1 is 1.21 bits per heavy atom. The van der Waals surface area contributed by atoms with Gasteiger partial charge in [0.25, 0.3) is 5.69 Å². The molecule has 2 aromatic carbocycles. The van der Waals surface area contributed by atoms with E-state index >= 15 is 0 Å². The van der Waals surface area contributed by atoms with Crippen LogP contribution in [0.15, 0.2) is 59.2 Å². The molecule has 7 nitrogen and oxygen atoms in total. The summed E-state index contributed by atoms with van der Waals surface area (Å²) in [6.45, 7) is 0. The molecule has 0 spiro atoms. The highest BCUT2D eigenvalue weighted by Crippen LogP contribution is 2.28. The highest BCUT2D eigenvalue weighted by Gasteiger charge is 2.27. The topological polar surface area (TPSA) is 91.0 Å². The molecule has 0 aliphatic carbocycles. The third-order valence-electron chi connectivity index (χ3n) is 3.35. The molecule has 0 atom stereocenters. The van der Waals surface area contributed by atoms with Crippen LogP contribution in [0.5, 0.6) is 5.75 Å². The number of hydrogen-bond acceptors (Lipinski definition) is 6. The average Bonchev–Trinajstić information content (AvgIpc) is 2.95. The van der Waals surface area contributed by atoms with E-state index in [9.17, 15) is 14.9 Å². The van der Waals surface area contributed by atoms with Gasteiger partial charge >= 0.3 is 5.97 Å². The van der Waals surface area contributed by atoms with Crippen LogP contribution in [-0.4, -0.2) is 23.9 Å². The standard InChI is InChI=1S/C17H12N2O5/c1-23-15-8-7-12(19(21)22)10-13(15)16-18-14(17(20)24-16)9-11-5-3-2-4-6-11/h2-10H,1H3. The maximum Gasteiger partial charge on any atom is 0.363 e. The molecule has 0 aromatic heterocycles. The van der Waals surface area contributed by atoms with Gasteiger partial charge in [0.2, 0.25) is 5.90 Å². The first-order valence-electron chi connectivity index (χ1n) is 6.99. The fourth-order valence-corrected chi connectivity index (χ4v) is 2.21. The predicted octanol–water partition coefficient (Wildman–Crippen LogP) is 2.95. The summed E-state index contributed by atoms with van der Waals surface area (Å²) in [6, 6.07) is 13.2. The number of cyclic esters (lactones) is 1. The molecule has 1 aliphatic rings. The first-order chi connectivity index (χ1) is 11.6. The molecule has 24 heavy (non-hydrogen) atoms. The van der Waals surface area contributed by atoms with Crippen LogP contribution in [0.2, 0.25) is 0 Å². The van der Waals surface area contributed by atoms with E-state index in [1.165, 1.54) is 25.3 Å². The van der Waals surface area contributed by atoms with Gasteiger partial charge in [0.1, 0.15) is 5.75 Å². The molecule has 0 saturated carbocycles. The highest BCUT2D eigenvalue weighted by molar-refractivity contribution is 6.14. The van der Waals surface area contributed by atoms with Gasteiger partial charge < -0.3 is 9.47 Å². The van der Waals surface area contributed by atoms with Gasteiger partial charge in [0, 0.05) is 12.1 Å². The zero-order valence-corrected chi connectivity index (χ0v) is 12.6. The lowest BCUT2D eigenvalue weighted by atomic mass is 10.1. The average molecular weight is 324 g/mol. The van der Waals surface area contributed by atoms with Gasteiger partial charge in [-0.05, 0) is 17.7 Å². The number of esters is 1. The molecule has 1 aliphatic heterocycles. The van der Waals surface area contributed by atoms with Crippen LogP contribution in [0.3, 0.4) is 0 Å². The van der Waals surface area contributed by atoms with Crippen molar-refractivity contribution in [3.63, 3.8) is 0 Å². The maximum absolute atomic E-state index is 12.0. The summed E-state index contributed by atoms with van der Waals surface area (Å²) in [5.74, 6) is -0.321. The Bertz CT molecular complexity index is 872. The molecule has 7 heteroatoms. The minimum Gasteiger partial charge on any atom is -0.496 e. The largest absolute Gasteiger partial charge is 0.496 e. The molecule has 0 radical (unpaired) electrons. The van der Waals surface area contributed by atoms with Gasteiger partial charge in [-0.1, -0.05) is 30.3 Å². The number of carbonyl (C=O) groups is 1. The quantitative estimate of drug-likeness (QED) is 0.373. The summed E-state index contributed by atoms with van der Waals surface area (Å²) in [5.41, 5.74) is 1.01. The fourth-order valence-electron chi connectivity index (χ4n) is 2.21. The van der Waals surface area contributed by atoms with Crippen LogP contribution in [0.4, 0.5) is 5.69 Å². The number of nitro benzene ring substituents is 1. The van der Waals surface area contributed by atoms with Crippen LogP contribution < -0.4 is 4.74 Å². The van der Waals surface area contributed by atoms with Crippen LogP contribution in [0.25, 0.3) is 6.08 Å². The monoisotopic (exact) mass is 324 g/mol. The number of nitro groups is 1. The van der Waals surface area contributed by atoms with Gasteiger partial charge in [-0.25, -0.2) is 9.79 Å². The first kappa shape index (κ1) is 15.4. The number of hydrogen-bond donors (Lipinski definition) is 0. The van der Waals surface area contributed by atoms with E-state index in [1.807, 2.05) is 30.3 Å². The molecule has 0 unspecified atom stereocenters. The zero-order chi connectivity index (χ0) is 17.1. The Labute approximate surface area is 137 Å².